The van der Waals surface area contributed by atoms with Crippen molar-refractivity contribution >= 4 is 11.7 Å². The van der Waals surface area contributed by atoms with Gasteiger partial charge < -0.3 is 14.1 Å². The molecular formula is C15H21NO4. The quantitative estimate of drug-likeness (QED) is 0.611. The molecule has 110 valence electrons. The molecule has 1 aromatic heterocycles. The average molecular weight is 279 g/mol. The Morgan fingerprint density at radius 3 is 2.70 bits per heavy atom. The van der Waals surface area contributed by atoms with Crippen LogP contribution < -0.4 is 0 Å². The van der Waals surface area contributed by atoms with E-state index in [0.29, 0.717) is 24.9 Å². The first-order valence-electron chi connectivity index (χ1n) is 6.99. The summed E-state index contributed by atoms with van der Waals surface area (Å²) >= 11 is 0. The number of hydrogen-bond acceptors (Lipinski definition) is 4. The van der Waals surface area contributed by atoms with Crippen LogP contribution in [0.3, 0.4) is 0 Å². The van der Waals surface area contributed by atoms with E-state index in [1.807, 2.05) is 0 Å². The highest BCUT2D eigenvalue weighted by molar-refractivity contribution is 6.41. The highest BCUT2D eigenvalue weighted by atomic mass is 16.5. The maximum absolute atomic E-state index is 12.1. The van der Waals surface area contributed by atoms with Gasteiger partial charge in [-0.05, 0) is 36.8 Å². The lowest BCUT2D eigenvalue weighted by atomic mass is 9.86. The standard InChI is InChI=1S/C15H21NO4/c1-11(10-19-2)12-5-7-16(8-6-12)15(18)14(17)13-4-3-9-20-13/h3-4,9,11-12H,5-8,10H2,1-2H3. The first kappa shape index (κ1) is 14.8. The first-order valence-corrected chi connectivity index (χ1v) is 6.99. The smallest absolute Gasteiger partial charge is 0.298 e. The van der Waals surface area contributed by atoms with E-state index in [0.717, 1.165) is 19.4 Å². The molecule has 1 unspecified atom stereocenters. The molecule has 1 fully saturated rings. The van der Waals surface area contributed by atoms with Gasteiger partial charge in [-0.25, -0.2) is 0 Å². The lowest BCUT2D eigenvalue weighted by Crippen LogP contribution is -2.43. The molecule has 0 aromatic carbocycles. The van der Waals surface area contributed by atoms with Gasteiger partial charge >= 0.3 is 0 Å². The van der Waals surface area contributed by atoms with E-state index >= 15 is 0 Å². The number of methoxy groups -OCH3 is 1. The third-order valence-corrected chi connectivity index (χ3v) is 4.00. The van der Waals surface area contributed by atoms with Crippen LogP contribution >= 0.6 is 0 Å². The van der Waals surface area contributed by atoms with Crippen LogP contribution in [-0.4, -0.2) is 43.4 Å². The molecule has 0 saturated carbocycles. The summed E-state index contributed by atoms with van der Waals surface area (Å²) in [6.07, 6.45) is 3.24. The summed E-state index contributed by atoms with van der Waals surface area (Å²) in [4.78, 5) is 25.6. The molecule has 5 heteroatoms. The highest BCUT2D eigenvalue weighted by Crippen LogP contribution is 2.25. The van der Waals surface area contributed by atoms with Crippen LogP contribution in [0.4, 0.5) is 0 Å². The Morgan fingerprint density at radius 2 is 2.15 bits per heavy atom. The second-order valence-electron chi connectivity index (χ2n) is 5.37. The SMILES string of the molecule is COCC(C)C1CCN(C(=O)C(=O)c2ccco2)CC1. The monoisotopic (exact) mass is 279 g/mol. The van der Waals surface area contributed by atoms with Crippen LogP contribution in [0.1, 0.15) is 30.3 Å². The zero-order valence-corrected chi connectivity index (χ0v) is 12.0. The van der Waals surface area contributed by atoms with Crippen molar-refractivity contribution in [2.45, 2.75) is 19.8 Å². The van der Waals surface area contributed by atoms with Gasteiger partial charge in [0.25, 0.3) is 11.7 Å². The number of amides is 1. The molecule has 1 amide bonds. The van der Waals surface area contributed by atoms with Crippen molar-refractivity contribution in [2.75, 3.05) is 26.8 Å². The number of furan rings is 1. The molecular weight excluding hydrogens is 258 g/mol. The Balaban J connectivity index is 1.87. The maximum Gasteiger partial charge on any atom is 0.298 e. The second-order valence-corrected chi connectivity index (χ2v) is 5.37. The van der Waals surface area contributed by atoms with Crippen LogP contribution in [0, 0.1) is 11.8 Å². The minimum atomic E-state index is -0.557. The number of rotatable bonds is 5. The van der Waals surface area contributed by atoms with E-state index in [9.17, 15) is 9.59 Å². The first-order chi connectivity index (χ1) is 9.63. The minimum absolute atomic E-state index is 0.116. The summed E-state index contributed by atoms with van der Waals surface area (Å²) < 4.78 is 10.2. The zero-order valence-electron chi connectivity index (χ0n) is 12.0. The predicted octanol–water partition coefficient (Wildman–Crippen LogP) is 1.98. The fourth-order valence-corrected chi connectivity index (χ4v) is 2.73. The molecule has 1 saturated heterocycles. The number of likely N-dealkylation sites (tertiary alicyclic amines) is 1. The molecule has 1 atom stereocenters. The normalized spacial score (nSPS) is 18.0. The molecule has 2 rings (SSSR count). The van der Waals surface area contributed by atoms with E-state index in [1.54, 1.807) is 18.1 Å². The Hall–Kier alpha value is -1.62. The summed E-state index contributed by atoms with van der Waals surface area (Å²) in [6, 6.07) is 3.13. The third-order valence-electron chi connectivity index (χ3n) is 4.00. The Bertz CT molecular complexity index is 446. The summed E-state index contributed by atoms with van der Waals surface area (Å²) in [7, 11) is 1.71. The molecule has 20 heavy (non-hydrogen) atoms. The highest BCUT2D eigenvalue weighted by Gasteiger charge is 2.30. The predicted molar refractivity (Wildman–Crippen MR) is 73.4 cm³/mol. The molecule has 1 aliphatic rings. The van der Waals surface area contributed by atoms with Crippen molar-refractivity contribution in [3.8, 4) is 0 Å². The summed E-state index contributed by atoms with van der Waals surface area (Å²) in [5.41, 5.74) is 0. The minimum Gasteiger partial charge on any atom is -0.461 e. The molecule has 0 N–H and O–H groups in total. The number of Topliss-reactive ketones (excluding diaryl/α,β-unsaturated/α-hetero) is 1. The number of piperidine rings is 1. The molecule has 0 aliphatic carbocycles. The Labute approximate surface area is 118 Å². The van der Waals surface area contributed by atoms with Crippen LogP contribution in [-0.2, 0) is 9.53 Å². The maximum atomic E-state index is 12.1. The molecule has 1 aromatic rings. The van der Waals surface area contributed by atoms with Crippen molar-refractivity contribution in [1.82, 2.24) is 4.90 Å². The summed E-state index contributed by atoms with van der Waals surface area (Å²) in [5, 5.41) is 0. The van der Waals surface area contributed by atoms with Gasteiger partial charge in [0.05, 0.1) is 6.26 Å². The van der Waals surface area contributed by atoms with Gasteiger partial charge in [0, 0.05) is 26.8 Å². The van der Waals surface area contributed by atoms with Gasteiger partial charge in [0.2, 0.25) is 0 Å². The van der Waals surface area contributed by atoms with E-state index in [-0.39, 0.29) is 5.76 Å². The van der Waals surface area contributed by atoms with Crippen molar-refractivity contribution < 1.29 is 18.7 Å². The fourth-order valence-electron chi connectivity index (χ4n) is 2.73. The van der Waals surface area contributed by atoms with E-state index < -0.39 is 11.7 Å². The van der Waals surface area contributed by atoms with E-state index in [1.165, 1.54) is 12.3 Å². The van der Waals surface area contributed by atoms with Crippen LogP contribution in [0.5, 0.6) is 0 Å². The number of hydrogen-bond donors (Lipinski definition) is 0. The third kappa shape index (κ3) is 3.28. The number of carbonyl (C=O) groups is 2. The van der Waals surface area contributed by atoms with Gasteiger partial charge in [0.1, 0.15) is 0 Å². The Kier molecular flexibility index (Phi) is 4.95. The topological polar surface area (TPSA) is 59.8 Å². The molecule has 5 nitrogen and oxygen atoms in total. The van der Waals surface area contributed by atoms with Crippen LogP contribution in [0.25, 0.3) is 0 Å². The van der Waals surface area contributed by atoms with Crippen molar-refractivity contribution in [2.24, 2.45) is 11.8 Å². The second kappa shape index (κ2) is 6.70. The summed E-state index contributed by atoms with van der Waals surface area (Å²) in [6.45, 7) is 4.16. The molecule has 0 radical (unpaired) electrons. The van der Waals surface area contributed by atoms with Crippen LogP contribution in [0.15, 0.2) is 22.8 Å². The van der Waals surface area contributed by atoms with Gasteiger partial charge in [-0.3, -0.25) is 9.59 Å². The number of nitrogens with zero attached hydrogens (tertiary/aromatic N) is 1. The van der Waals surface area contributed by atoms with Crippen molar-refractivity contribution in [1.29, 1.82) is 0 Å². The Morgan fingerprint density at radius 1 is 1.45 bits per heavy atom. The van der Waals surface area contributed by atoms with Gasteiger partial charge in [-0.2, -0.15) is 0 Å². The van der Waals surface area contributed by atoms with Crippen molar-refractivity contribution in [3.63, 3.8) is 0 Å². The number of carbonyl (C=O) groups excluding carboxylic acids is 2. The lowest BCUT2D eigenvalue weighted by Gasteiger charge is -2.34. The van der Waals surface area contributed by atoms with Gasteiger partial charge in [-0.1, -0.05) is 6.92 Å². The van der Waals surface area contributed by atoms with Crippen LogP contribution in [0.2, 0.25) is 0 Å². The van der Waals surface area contributed by atoms with E-state index in [4.69, 9.17) is 9.15 Å². The molecule has 0 bridgehead atoms. The fraction of sp³-hybridized carbons (Fsp3) is 0.600. The van der Waals surface area contributed by atoms with E-state index in [2.05, 4.69) is 6.92 Å². The number of ketones is 1. The van der Waals surface area contributed by atoms with Gasteiger partial charge in [0.15, 0.2) is 5.76 Å². The molecule has 0 spiro atoms. The summed E-state index contributed by atoms with van der Waals surface area (Å²) in [5.74, 6) is 0.136. The number of ether oxygens (including phenoxy) is 1. The lowest BCUT2D eigenvalue weighted by molar-refractivity contribution is -0.128. The molecule has 1 aliphatic heterocycles. The van der Waals surface area contributed by atoms with Crippen molar-refractivity contribution in [3.05, 3.63) is 24.2 Å². The van der Waals surface area contributed by atoms with Gasteiger partial charge in [-0.15, -0.1) is 0 Å². The zero-order chi connectivity index (χ0) is 14.5. The average Bonchev–Trinajstić information content (AvgIpc) is 3.00. The largest absolute Gasteiger partial charge is 0.461 e. The molecule has 2 heterocycles.